The molecule has 0 aliphatic carbocycles. The quantitative estimate of drug-likeness (QED) is 0.911. The number of hydrogen-bond donors (Lipinski definition) is 1. The summed E-state index contributed by atoms with van der Waals surface area (Å²) in [4.78, 5) is 9.12. The van der Waals surface area contributed by atoms with Gasteiger partial charge in [-0.3, -0.25) is 0 Å². The van der Waals surface area contributed by atoms with Crippen LogP contribution in [-0.2, 0) is 6.54 Å². The van der Waals surface area contributed by atoms with Gasteiger partial charge in [0.1, 0.15) is 0 Å². The number of thiophene rings is 1. The van der Waals surface area contributed by atoms with Crippen LogP contribution in [0.5, 0.6) is 0 Å². The van der Waals surface area contributed by atoms with Gasteiger partial charge in [0.15, 0.2) is 5.13 Å². The zero-order chi connectivity index (χ0) is 13.1. The molecule has 2 aromatic rings. The van der Waals surface area contributed by atoms with Gasteiger partial charge < -0.3 is 10.2 Å². The molecule has 2 aromatic heterocycles. The molecule has 1 unspecified atom stereocenters. The fourth-order valence-corrected chi connectivity index (χ4v) is 3.61. The molecule has 0 fully saturated rings. The van der Waals surface area contributed by atoms with Crippen LogP contribution < -0.4 is 10.2 Å². The van der Waals surface area contributed by atoms with Crippen LogP contribution in [0, 0.1) is 0 Å². The number of anilines is 1. The summed E-state index contributed by atoms with van der Waals surface area (Å²) in [5.74, 6) is 0. The van der Waals surface area contributed by atoms with Crippen LogP contribution in [-0.4, -0.2) is 19.1 Å². The molecule has 0 saturated heterocycles. The van der Waals surface area contributed by atoms with Crippen molar-refractivity contribution >= 4 is 39.4 Å². The van der Waals surface area contributed by atoms with Gasteiger partial charge in [0.05, 0.1) is 10.9 Å². The Balaban J connectivity index is 2.04. The van der Waals surface area contributed by atoms with Gasteiger partial charge in [0.2, 0.25) is 0 Å². The van der Waals surface area contributed by atoms with Gasteiger partial charge in [0, 0.05) is 29.0 Å². The van der Waals surface area contributed by atoms with E-state index in [-0.39, 0.29) is 0 Å². The molecule has 0 radical (unpaired) electrons. The van der Waals surface area contributed by atoms with E-state index in [1.807, 2.05) is 19.3 Å². The Kier molecular flexibility index (Phi) is 4.61. The fraction of sp³-hybridized carbons (Fsp3) is 0.417. The van der Waals surface area contributed by atoms with E-state index < -0.39 is 0 Å². The average molecular weight is 302 g/mol. The summed E-state index contributed by atoms with van der Waals surface area (Å²) >= 11 is 9.27. The third-order valence-corrected chi connectivity index (χ3v) is 5.23. The van der Waals surface area contributed by atoms with Crippen molar-refractivity contribution in [3.8, 4) is 0 Å². The van der Waals surface area contributed by atoms with Crippen molar-refractivity contribution < 1.29 is 0 Å². The second kappa shape index (κ2) is 6.02. The maximum atomic E-state index is 5.93. The topological polar surface area (TPSA) is 28.2 Å². The molecule has 2 heterocycles. The number of rotatable bonds is 5. The van der Waals surface area contributed by atoms with Crippen molar-refractivity contribution in [1.29, 1.82) is 0 Å². The third-order valence-electron chi connectivity index (χ3n) is 2.72. The number of hydrogen-bond acceptors (Lipinski definition) is 5. The van der Waals surface area contributed by atoms with Gasteiger partial charge in [0.25, 0.3) is 0 Å². The van der Waals surface area contributed by atoms with Crippen LogP contribution in [0.3, 0.4) is 0 Å². The molecule has 0 aliphatic rings. The fourth-order valence-electron chi connectivity index (χ4n) is 1.53. The Bertz CT molecular complexity index is 509. The summed E-state index contributed by atoms with van der Waals surface area (Å²) in [7, 11) is 4.02. The zero-order valence-corrected chi connectivity index (χ0v) is 13.0. The minimum absolute atomic E-state index is 0.348. The molecule has 98 valence electrons. The predicted octanol–water partition coefficient (Wildman–Crippen LogP) is 3.77. The van der Waals surface area contributed by atoms with E-state index in [4.69, 9.17) is 11.6 Å². The van der Waals surface area contributed by atoms with E-state index >= 15 is 0 Å². The summed E-state index contributed by atoms with van der Waals surface area (Å²) in [5.41, 5.74) is 0. The Morgan fingerprint density at radius 2 is 2.22 bits per heavy atom. The lowest BCUT2D eigenvalue weighted by Gasteiger charge is -2.14. The molecular formula is C12H16ClN3S2. The zero-order valence-electron chi connectivity index (χ0n) is 10.6. The minimum atomic E-state index is 0.348. The number of nitrogens with zero attached hydrogens (tertiary/aromatic N) is 2. The van der Waals surface area contributed by atoms with E-state index in [1.54, 1.807) is 22.7 Å². The summed E-state index contributed by atoms with van der Waals surface area (Å²) in [5, 5.41) is 4.26. The maximum Gasteiger partial charge on any atom is 0.185 e. The van der Waals surface area contributed by atoms with E-state index in [0.29, 0.717) is 6.04 Å². The lowest BCUT2D eigenvalue weighted by Crippen LogP contribution is -2.15. The van der Waals surface area contributed by atoms with Crippen molar-refractivity contribution in [3.63, 3.8) is 0 Å². The van der Waals surface area contributed by atoms with Crippen molar-refractivity contribution in [2.45, 2.75) is 19.5 Å². The Hall–Kier alpha value is -0.620. The highest BCUT2D eigenvalue weighted by Gasteiger charge is 2.11. The first-order valence-corrected chi connectivity index (χ1v) is 7.69. The number of thiazole rings is 1. The first-order valence-electron chi connectivity index (χ1n) is 5.68. The Labute approximate surface area is 120 Å². The summed E-state index contributed by atoms with van der Waals surface area (Å²) in [6.45, 7) is 2.98. The van der Waals surface area contributed by atoms with Crippen molar-refractivity contribution in [2.24, 2.45) is 0 Å². The largest absolute Gasteiger partial charge is 0.346 e. The number of nitrogens with one attached hydrogen (secondary N) is 1. The standard InChI is InChI=1S/C12H16ClN3S2/c1-8(14-2)10-6-15-12(18-10)16(3)7-9-4-5-11(13)17-9/h4-6,8,14H,7H2,1-3H3. The lowest BCUT2D eigenvalue weighted by atomic mass is 10.3. The molecule has 3 nitrogen and oxygen atoms in total. The lowest BCUT2D eigenvalue weighted by molar-refractivity contribution is 0.662. The highest BCUT2D eigenvalue weighted by molar-refractivity contribution is 7.16. The number of aromatic nitrogens is 1. The summed E-state index contributed by atoms with van der Waals surface area (Å²) in [6, 6.07) is 4.35. The van der Waals surface area contributed by atoms with Crippen LogP contribution in [0.2, 0.25) is 4.34 Å². The molecule has 0 aromatic carbocycles. The second-order valence-electron chi connectivity index (χ2n) is 4.12. The van der Waals surface area contributed by atoms with Crippen LogP contribution in [0.4, 0.5) is 5.13 Å². The predicted molar refractivity (Wildman–Crippen MR) is 81.0 cm³/mol. The van der Waals surface area contributed by atoms with Gasteiger partial charge in [-0.2, -0.15) is 0 Å². The molecule has 0 saturated carbocycles. The molecule has 0 aliphatic heterocycles. The van der Waals surface area contributed by atoms with Gasteiger partial charge >= 0.3 is 0 Å². The Morgan fingerprint density at radius 1 is 1.44 bits per heavy atom. The van der Waals surface area contributed by atoms with Gasteiger partial charge in [-0.25, -0.2) is 4.98 Å². The first-order chi connectivity index (χ1) is 8.60. The highest BCUT2D eigenvalue weighted by atomic mass is 35.5. The molecular weight excluding hydrogens is 286 g/mol. The van der Waals surface area contributed by atoms with Gasteiger partial charge in [-0.05, 0) is 26.1 Å². The van der Waals surface area contributed by atoms with Crippen LogP contribution >= 0.6 is 34.3 Å². The molecule has 2 rings (SSSR count). The van der Waals surface area contributed by atoms with E-state index in [2.05, 4.69) is 35.2 Å². The highest BCUT2D eigenvalue weighted by Crippen LogP contribution is 2.29. The normalized spacial score (nSPS) is 12.7. The van der Waals surface area contributed by atoms with Crippen LogP contribution in [0.15, 0.2) is 18.3 Å². The van der Waals surface area contributed by atoms with Gasteiger partial charge in [-0.15, -0.1) is 22.7 Å². The van der Waals surface area contributed by atoms with E-state index in [1.165, 1.54) is 9.75 Å². The number of halogens is 1. The van der Waals surface area contributed by atoms with Crippen molar-refractivity contribution in [2.75, 3.05) is 19.0 Å². The minimum Gasteiger partial charge on any atom is -0.346 e. The van der Waals surface area contributed by atoms with Crippen LogP contribution in [0.1, 0.15) is 22.7 Å². The van der Waals surface area contributed by atoms with E-state index in [0.717, 1.165) is 16.0 Å². The first kappa shape index (κ1) is 13.8. The molecule has 0 spiro atoms. The molecule has 6 heteroatoms. The molecule has 0 bridgehead atoms. The molecule has 1 atom stereocenters. The summed E-state index contributed by atoms with van der Waals surface area (Å²) in [6.07, 6.45) is 1.94. The monoisotopic (exact) mass is 301 g/mol. The van der Waals surface area contributed by atoms with Crippen LogP contribution in [0.25, 0.3) is 0 Å². The molecule has 1 N–H and O–H groups in total. The summed E-state index contributed by atoms with van der Waals surface area (Å²) < 4.78 is 0.835. The van der Waals surface area contributed by atoms with Crippen molar-refractivity contribution in [3.05, 3.63) is 32.4 Å². The van der Waals surface area contributed by atoms with Gasteiger partial charge in [-0.1, -0.05) is 11.6 Å². The Morgan fingerprint density at radius 3 is 2.83 bits per heavy atom. The molecule has 18 heavy (non-hydrogen) atoms. The SMILES string of the molecule is CNC(C)c1cnc(N(C)Cc2ccc(Cl)s2)s1. The van der Waals surface area contributed by atoms with E-state index in [9.17, 15) is 0 Å². The van der Waals surface area contributed by atoms with Crippen molar-refractivity contribution in [1.82, 2.24) is 10.3 Å². The third kappa shape index (κ3) is 3.23. The smallest absolute Gasteiger partial charge is 0.185 e. The second-order valence-corrected chi connectivity index (χ2v) is 6.96. The molecule has 0 amide bonds. The average Bonchev–Trinajstić information content (AvgIpc) is 2.97. The maximum absolute atomic E-state index is 5.93.